The van der Waals surface area contributed by atoms with Crippen LogP contribution < -0.4 is 10.9 Å². The minimum absolute atomic E-state index is 0.167. The average molecular weight is 359 g/mol. The van der Waals surface area contributed by atoms with Crippen LogP contribution in [0, 0.1) is 0 Å². The Morgan fingerprint density at radius 1 is 1.07 bits per heavy atom. The van der Waals surface area contributed by atoms with Gasteiger partial charge < -0.3 is 9.88 Å². The van der Waals surface area contributed by atoms with Crippen molar-refractivity contribution in [1.82, 2.24) is 25.1 Å². The molecule has 1 amide bonds. The molecule has 134 valence electrons. The first-order valence-corrected chi connectivity index (χ1v) is 8.45. The van der Waals surface area contributed by atoms with Crippen LogP contribution in [-0.4, -0.2) is 25.7 Å². The van der Waals surface area contributed by atoms with E-state index < -0.39 is 6.04 Å². The number of rotatable bonds is 4. The van der Waals surface area contributed by atoms with E-state index >= 15 is 0 Å². The minimum atomic E-state index is -0.453. The Morgan fingerprint density at radius 2 is 1.78 bits per heavy atom. The number of hydrogen-bond acceptors (Lipinski definition) is 4. The lowest BCUT2D eigenvalue weighted by molar-refractivity contribution is 0.0937. The zero-order valence-corrected chi connectivity index (χ0v) is 14.6. The van der Waals surface area contributed by atoms with E-state index in [1.807, 2.05) is 48.1 Å². The molecule has 0 aliphatic heterocycles. The molecule has 2 aromatic heterocycles. The Labute approximate surface area is 154 Å². The molecule has 0 aliphatic rings. The maximum atomic E-state index is 13.0. The molecule has 4 rings (SSSR count). The van der Waals surface area contributed by atoms with Crippen LogP contribution in [0.2, 0.25) is 0 Å². The SMILES string of the molecule is Cn1ccnc1[C@H](NC(=O)c1n[nH]c(=O)c2ccccc12)c1ccccc1. The van der Waals surface area contributed by atoms with Crippen molar-refractivity contribution in [2.75, 3.05) is 0 Å². The molecule has 0 aliphatic carbocycles. The van der Waals surface area contributed by atoms with Gasteiger partial charge in [0.1, 0.15) is 11.9 Å². The molecule has 7 nitrogen and oxygen atoms in total. The highest BCUT2D eigenvalue weighted by Crippen LogP contribution is 2.21. The Balaban J connectivity index is 1.77. The Hall–Kier alpha value is -3.74. The van der Waals surface area contributed by atoms with Crippen LogP contribution in [0.5, 0.6) is 0 Å². The van der Waals surface area contributed by atoms with E-state index in [0.717, 1.165) is 5.56 Å². The highest BCUT2D eigenvalue weighted by molar-refractivity contribution is 6.04. The number of H-pyrrole nitrogens is 1. The van der Waals surface area contributed by atoms with Crippen molar-refractivity contribution >= 4 is 16.7 Å². The molecule has 0 radical (unpaired) electrons. The molecular weight excluding hydrogens is 342 g/mol. The molecule has 2 N–H and O–H groups in total. The van der Waals surface area contributed by atoms with Crippen LogP contribution in [0.15, 0.2) is 71.8 Å². The van der Waals surface area contributed by atoms with Gasteiger partial charge in [0.15, 0.2) is 5.69 Å². The third-order valence-corrected chi connectivity index (χ3v) is 4.44. The standard InChI is InChI=1S/C20H17N5O2/c1-25-12-11-21-18(25)16(13-7-3-2-4-8-13)22-20(27)17-14-9-5-6-10-15(14)19(26)24-23-17/h2-12,16H,1H3,(H,22,27)(H,24,26)/t16-/m1/s1. The first kappa shape index (κ1) is 16.7. The summed E-state index contributed by atoms with van der Waals surface area (Å²) in [5.41, 5.74) is 0.736. The monoisotopic (exact) mass is 359 g/mol. The van der Waals surface area contributed by atoms with Gasteiger partial charge in [0.2, 0.25) is 0 Å². The number of imidazole rings is 1. The molecule has 0 saturated heterocycles. The number of aryl methyl sites for hydroxylation is 1. The predicted molar refractivity (Wildman–Crippen MR) is 101 cm³/mol. The minimum Gasteiger partial charge on any atom is -0.337 e. The second-order valence-corrected chi connectivity index (χ2v) is 6.16. The number of aromatic nitrogens is 4. The first-order valence-electron chi connectivity index (χ1n) is 8.45. The van der Waals surface area contributed by atoms with E-state index in [0.29, 0.717) is 16.6 Å². The number of carbonyl (C=O) groups is 1. The molecule has 0 unspecified atom stereocenters. The number of aromatic amines is 1. The summed E-state index contributed by atoms with van der Waals surface area (Å²) in [6.45, 7) is 0. The van der Waals surface area contributed by atoms with Gasteiger partial charge in [-0.05, 0) is 11.6 Å². The molecule has 1 atom stereocenters. The normalized spacial score (nSPS) is 12.0. The van der Waals surface area contributed by atoms with E-state index in [2.05, 4.69) is 20.5 Å². The molecular formula is C20H17N5O2. The molecule has 0 saturated carbocycles. The molecule has 2 aromatic carbocycles. The van der Waals surface area contributed by atoms with Crippen molar-refractivity contribution in [2.24, 2.45) is 7.05 Å². The van der Waals surface area contributed by atoms with Gasteiger partial charge in [-0.2, -0.15) is 5.10 Å². The summed E-state index contributed by atoms with van der Waals surface area (Å²) in [4.78, 5) is 29.4. The van der Waals surface area contributed by atoms with Crippen LogP contribution in [0.3, 0.4) is 0 Å². The van der Waals surface area contributed by atoms with E-state index in [1.165, 1.54) is 0 Å². The molecule has 0 bridgehead atoms. The number of nitrogens with one attached hydrogen (secondary N) is 2. The maximum Gasteiger partial charge on any atom is 0.273 e. The largest absolute Gasteiger partial charge is 0.337 e. The lowest BCUT2D eigenvalue weighted by atomic mass is 10.1. The summed E-state index contributed by atoms with van der Waals surface area (Å²) in [5, 5.41) is 10.3. The zero-order chi connectivity index (χ0) is 18.8. The zero-order valence-electron chi connectivity index (χ0n) is 14.6. The second kappa shape index (κ2) is 6.87. The number of fused-ring (bicyclic) bond motifs is 1. The van der Waals surface area contributed by atoms with Gasteiger partial charge in [-0.1, -0.05) is 48.5 Å². The fraction of sp³-hybridized carbons (Fsp3) is 0.100. The van der Waals surface area contributed by atoms with Crippen LogP contribution in [-0.2, 0) is 7.05 Å². The van der Waals surface area contributed by atoms with E-state index in [-0.39, 0.29) is 17.2 Å². The lowest BCUT2D eigenvalue weighted by Gasteiger charge is -2.19. The van der Waals surface area contributed by atoms with Crippen molar-refractivity contribution in [3.8, 4) is 0 Å². The van der Waals surface area contributed by atoms with E-state index in [1.54, 1.807) is 30.5 Å². The van der Waals surface area contributed by atoms with Crippen molar-refractivity contribution in [3.05, 3.63) is 94.4 Å². The van der Waals surface area contributed by atoms with Gasteiger partial charge in [-0.25, -0.2) is 10.1 Å². The summed E-state index contributed by atoms with van der Waals surface area (Å²) in [6.07, 6.45) is 3.51. The van der Waals surface area contributed by atoms with Gasteiger partial charge in [0, 0.05) is 24.8 Å². The van der Waals surface area contributed by atoms with E-state index in [4.69, 9.17) is 0 Å². The summed E-state index contributed by atoms with van der Waals surface area (Å²) in [7, 11) is 1.87. The van der Waals surface area contributed by atoms with Crippen LogP contribution in [0.25, 0.3) is 10.8 Å². The quantitative estimate of drug-likeness (QED) is 0.584. The molecule has 4 aromatic rings. The maximum absolute atomic E-state index is 13.0. The van der Waals surface area contributed by atoms with Crippen molar-refractivity contribution < 1.29 is 4.79 Å². The smallest absolute Gasteiger partial charge is 0.273 e. The van der Waals surface area contributed by atoms with Crippen LogP contribution >= 0.6 is 0 Å². The van der Waals surface area contributed by atoms with Crippen molar-refractivity contribution in [2.45, 2.75) is 6.04 Å². The van der Waals surface area contributed by atoms with Crippen LogP contribution in [0.4, 0.5) is 0 Å². The van der Waals surface area contributed by atoms with E-state index in [9.17, 15) is 9.59 Å². The van der Waals surface area contributed by atoms with Gasteiger partial charge >= 0.3 is 0 Å². The number of benzene rings is 2. The number of amides is 1. The topological polar surface area (TPSA) is 92.7 Å². The highest BCUT2D eigenvalue weighted by atomic mass is 16.2. The predicted octanol–water partition coefficient (Wildman–Crippen LogP) is 2.18. The first-order chi connectivity index (χ1) is 13.1. The van der Waals surface area contributed by atoms with Gasteiger partial charge in [0.25, 0.3) is 11.5 Å². The fourth-order valence-electron chi connectivity index (χ4n) is 3.09. The Bertz CT molecular complexity index is 1160. The molecule has 0 fully saturated rings. The highest BCUT2D eigenvalue weighted by Gasteiger charge is 2.23. The van der Waals surface area contributed by atoms with Crippen LogP contribution in [0.1, 0.15) is 27.9 Å². The Kier molecular flexibility index (Phi) is 4.25. The molecule has 0 spiro atoms. The van der Waals surface area contributed by atoms with Gasteiger partial charge in [-0.15, -0.1) is 0 Å². The second-order valence-electron chi connectivity index (χ2n) is 6.16. The van der Waals surface area contributed by atoms with Gasteiger partial charge in [0.05, 0.1) is 5.39 Å². The molecule has 2 heterocycles. The summed E-state index contributed by atoms with van der Waals surface area (Å²) < 4.78 is 1.86. The average Bonchev–Trinajstić information content (AvgIpc) is 3.13. The molecule has 7 heteroatoms. The Morgan fingerprint density at radius 3 is 2.48 bits per heavy atom. The number of nitrogens with zero attached hydrogens (tertiary/aromatic N) is 3. The fourth-order valence-corrected chi connectivity index (χ4v) is 3.09. The third kappa shape index (κ3) is 3.10. The lowest BCUT2D eigenvalue weighted by Crippen LogP contribution is -2.32. The van der Waals surface area contributed by atoms with Crippen molar-refractivity contribution in [3.63, 3.8) is 0 Å². The summed E-state index contributed by atoms with van der Waals surface area (Å²) in [6, 6.07) is 16.0. The van der Waals surface area contributed by atoms with Gasteiger partial charge in [-0.3, -0.25) is 9.59 Å². The number of hydrogen-bond donors (Lipinski definition) is 2. The number of carbonyl (C=O) groups excluding carboxylic acids is 1. The van der Waals surface area contributed by atoms with Crippen molar-refractivity contribution in [1.29, 1.82) is 0 Å². The molecule has 27 heavy (non-hydrogen) atoms. The summed E-state index contributed by atoms with van der Waals surface area (Å²) >= 11 is 0. The summed E-state index contributed by atoms with van der Waals surface area (Å²) in [5.74, 6) is 0.308. The third-order valence-electron chi connectivity index (χ3n) is 4.44.